The molecule has 186 valence electrons. The fraction of sp³-hybridized carbons (Fsp3) is 0.417. The predicted octanol–water partition coefficient (Wildman–Crippen LogP) is 2.80. The Kier molecular flexibility index (Phi) is 6.03. The molecule has 35 heavy (non-hydrogen) atoms. The second-order valence-electron chi connectivity index (χ2n) is 9.29. The lowest BCUT2D eigenvalue weighted by atomic mass is 9.82. The number of hydrogen-bond acceptors (Lipinski definition) is 6. The second kappa shape index (κ2) is 8.77. The summed E-state index contributed by atoms with van der Waals surface area (Å²) in [7, 11) is 0. The van der Waals surface area contributed by atoms with Crippen molar-refractivity contribution in [1.29, 1.82) is 0 Å². The molecule has 3 saturated heterocycles. The Morgan fingerprint density at radius 1 is 1.06 bits per heavy atom. The Balaban J connectivity index is 1.34. The summed E-state index contributed by atoms with van der Waals surface area (Å²) < 4.78 is 41.7. The van der Waals surface area contributed by atoms with E-state index < -0.39 is 24.0 Å². The minimum Gasteiger partial charge on any atom is -0.406 e. The van der Waals surface area contributed by atoms with Gasteiger partial charge in [-0.25, -0.2) is 0 Å². The highest BCUT2D eigenvalue weighted by Gasteiger charge is 2.64. The van der Waals surface area contributed by atoms with Gasteiger partial charge in [0.05, 0.1) is 18.7 Å². The summed E-state index contributed by atoms with van der Waals surface area (Å²) in [5.74, 6) is -0.981. The van der Waals surface area contributed by atoms with Gasteiger partial charge in [-0.3, -0.25) is 24.3 Å². The van der Waals surface area contributed by atoms with E-state index in [1.54, 1.807) is 35.2 Å². The monoisotopic (exact) mass is 509 g/mol. The van der Waals surface area contributed by atoms with Gasteiger partial charge in [-0.05, 0) is 41.8 Å². The van der Waals surface area contributed by atoms with Crippen molar-refractivity contribution in [2.45, 2.75) is 43.6 Å². The van der Waals surface area contributed by atoms with Crippen LogP contribution in [0.25, 0.3) is 0 Å². The number of β-amino-alcohol motifs (C(OH)–C–C–N with tert-alkyl or cyclic N) is 1. The first-order valence-corrected chi connectivity index (χ1v) is 11.5. The zero-order chi connectivity index (χ0) is 25.0. The van der Waals surface area contributed by atoms with E-state index in [2.05, 4.69) is 4.74 Å². The average Bonchev–Trinajstić information content (AvgIpc) is 3.14. The maximum atomic E-state index is 13.7. The molecular formula is C24H23ClF3N3O4. The molecule has 2 aromatic rings. The largest absolute Gasteiger partial charge is 0.573 e. The number of benzene rings is 2. The SMILES string of the molecule is O=C1C2CC(O)CN2C2(CN(Cc3cccc(OC(F)(F)F)c3)C2)C(=O)N1Cc1cccc(Cl)c1. The van der Waals surface area contributed by atoms with Gasteiger partial charge < -0.3 is 9.84 Å². The number of piperazine rings is 1. The summed E-state index contributed by atoms with van der Waals surface area (Å²) in [6.45, 7) is 1.19. The maximum Gasteiger partial charge on any atom is 0.573 e. The lowest BCUT2D eigenvalue weighted by molar-refractivity contribution is -0.274. The summed E-state index contributed by atoms with van der Waals surface area (Å²) >= 11 is 6.07. The number of fused-ring (bicyclic) bond motifs is 2. The first-order chi connectivity index (χ1) is 16.5. The normalized spacial score (nSPS) is 24.5. The van der Waals surface area contributed by atoms with Crippen LogP contribution < -0.4 is 4.74 Å². The third kappa shape index (κ3) is 4.63. The van der Waals surface area contributed by atoms with Crippen LogP contribution in [0.15, 0.2) is 48.5 Å². The van der Waals surface area contributed by atoms with Gasteiger partial charge in [0.1, 0.15) is 11.3 Å². The Labute approximate surface area is 204 Å². The number of carbonyl (C=O) groups is 2. The number of nitrogens with zero attached hydrogens (tertiary/aromatic N) is 3. The number of aliphatic hydroxyl groups excluding tert-OH is 1. The number of aliphatic hydroxyl groups is 1. The molecule has 0 radical (unpaired) electrons. The number of amides is 2. The van der Waals surface area contributed by atoms with Crippen LogP contribution in [0.5, 0.6) is 5.75 Å². The molecule has 0 saturated carbocycles. The van der Waals surface area contributed by atoms with Crippen LogP contribution in [0.2, 0.25) is 5.02 Å². The van der Waals surface area contributed by atoms with E-state index in [1.807, 2.05) is 4.90 Å². The second-order valence-corrected chi connectivity index (χ2v) is 9.73. The molecule has 5 rings (SSSR count). The molecule has 1 N–H and O–H groups in total. The molecule has 11 heteroatoms. The maximum absolute atomic E-state index is 13.7. The summed E-state index contributed by atoms with van der Waals surface area (Å²) in [5.41, 5.74) is 0.350. The van der Waals surface area contributed by atoms with Crippen LogP contribution in [0.3, 0.4) is 0 Å². The van der Waals surface area contributed by atoms with E-state index >= 15 is 0 Å². The molecule has 2 amide bonds. The van der Waals surface area contributed by atoms with Crippen molar-refractivity contribution in [2.75, 3.05) is 19.6 Å². The quantitative estimate of drug-likeness (QED) is 0.625. The molecule has 3 aliphatic heterocycles. The van der Waals surface area contributed by atoms with Crippen molar-refractivity contribution in [3.05, 3.63) is 64.7 Å². The Morgan fingerprint density at radius 2 is 1.74 bits per heavy atom. The third-order valence-electron chi connectivity index (χ3n) is 6.76. The first kappa shape index (κ1) is 24.1. The highest BCUT2D eigenvalue weighted by molar-refractivity contribution is 6.30. The van der Waals surface area contributed by atoms with Crippen LogP contribution in [0.1, 0.15) is 17.5 Å². The van der Waals surface area contributed by atoms with Crippen LogP contribution in [0.4, 0.5) is 13.2 Å². The lowest BCUT2D eigenvalue weighted by Crippen LogP contribution is -2.81. The molecule has 3 heterocycles. The molecule has 0 bridgehead atoms. The van der Waals surface area contributed by atoms with E-state index in [1.165, 1.54) is 23.1 Å². The molecule has 2 atom stereocenters. The Morgan fingerprint density at radius 3 is 2.43 bits per heavy atom. The summed E-state index contributed by atoms with van der Waals surface area (Å²) in [6.07, 6.45) is -5.25. The number of imide groups is 1. The molecule has 0 aromatic heterocycles. The van der Waals surface area contributed by atoms with Crippen molar-refractivity contribution < 1.29 is 32.6 Å². The molecule has 1 spiro atoms. The summed E-state index contributed by atoms with van der Waals surface area (Å²) in [4.78, 5) is 31.9. The number of ether oxygens (including phenoxy) is 1. The van der Waals surface area contributed by atoms with Crippen molar-refractivity contribution >= 4 is 23.4 Å². The zero-order valence-electron chi connectivity index (χ0n) is 18.5. The topological polar surface area (TPSA) is 73.3 Å². The number of alkyl halides is 3. The van der Waals surface area contributed by atoms with Crippen molar-refractivity contribution in [3.63, 3.8) is 0 Å². The van der Waals surface area contributed by atoms with E-state index in [4.69, 9.17) is 11.6 Å². The highest BCUT2D eigenvalue weighted by atomic mass is 35.5. The first-order valence-electron chi connectivity index (χ1n) is 11.2. The molecule has 2 aromatic carbocycles. The number of carbonyl (C=O) groups excluding carboxylic acids is 2. The van der Waals surface area contributed by atoms with Crippen LogP contribution in [-0.2, 0) is 22.7 Å². The molecule has 3 aliphatic rings. The van der Waals surface area contributed by atoms with Gasteiger partial charge in [0.2, 0.25) is 5.91 Å². The lowest BCUT2D eigenvalue weighted by Gasteiger charge is -2.58. The standard InChI is InChI=1S/C24H23ClF3N3O4/c25-17-5-1-3-15(7-17)11-30-21(33)20-9-18(32)12-31(20)23(22(30)34)13-29(14-23)10-16-4-2-6-19(8-16)35-24(26,27)28/h1-8,18,20,32H,9-14H2. The minimum absolute atomic E-state index is 0.0806. The van der Waals surface area contributed by atoms with Gasteiger partial charge in [0.15, 0.2) is 0 Å². The zero-order valence-corrected chi connectivity index (χ0v) is 19.3. The van der Waals surface area contributed by atoms with Gasteiger partial charge in [-0.2, -0.15) is 0 Å². The van der Waals surface area contributed by atoms with Gasteiger partial charge in [-0.1, -0.05) is 35.9 Å². The van der Waals surface area contributed by atoms with E-state index in [0.717, 1.165) is 5.56 Å². The van der Waals surface area contributed by atoms with Crippen LogP contribution in [0, 0.1) is 0 Å². The van der Waals surface area contributed by atoms with Crippen LogP contribution in [-0.4, -0.2) is 75.3 Å². The molecule has 7 nitrogen and oxygen atoms in total. The van der Waals surface area contributed by atoms with E-state index in [9.17, 15) is 27.9 Å². The summed E-state index contributed by atoms with van der Waals surface area (Å²) in [5, 5.41) is 10.8. The van der Waals surface area contributed by atoms with Crippen LogP contribution >= 0.6 is 11.6 Å². The average molecular weight is 510 g/mol. The fourth-order valence-electron chi connectivity index (χ4n) is 5.36. The number of rotatable bonds is 5. The van der Waals surface area contributed by atoms with E-state index in [-0.39, 0.29) is 37.1 Å². The Hall–Kier alpha value is -2.66. The molecular weight excluding hydrogens is 487 g/mol. The van der Waals surface area contributed by atoms with Crippen molar-refractivity contribution in [2.24, 2.45) is 0 Å². The number of likely N-dealkylation sites (tertiary alicyclic amines) is 1. The van der Waals surface area contributed by atoms with Crippen molar-refractivity contribution in [3.8, 4) is 5.75 Å². The molecule has 0 aliphatic carbocycles. The fourth-order valence-corrected chi connectivity index (χ4v) is 5.58. The molecule has 2 unspecified atom stereocenters. The smallest absolute Gasteiger partial charge is 0.406 e. The highest BCUT2D eigenvalue weighted by Crippen LogP contribution is 2.41. The van der Waals surface area contributed by atoms with Gasteiger partial charge in [0.25, 0.3) is 5.91 Å². The van der Waals surface area contributed by atoms with Crippen molar-refractivity contribution in [1.82, 2.24) is 14.7 Å². The summed E-state index contributed by atoms with van der Waals surface area (Å²) in [6, 6.07) is 12.1. The third-order valence-corrected chi connectivity index (χ3v) is 7.00. The molecule has 3 fully saturated rings. The van der Waals surface area contributed by atoms with Gasteiger partial charge >= 0.3 is 6.36 Å². The minimum atomic E-state index is -4.78. The van der Waals surface area contributed by atoms with Gasteiger partial charge in [-0.15, -0.1) is 13.2 Å². The Bertz CT molecular complexity index is 1150. The number of hydrogen-bond donors (Lipinski definition) is 1. The predicted molar refractivity (Wildman–Crippen MR) is 119 cm³/mol. The number of halogens is 4. The van der Waals surface area contributed by atoms with E-state index in [0.29, 0.717) is 30.2 Å². The van der Waals surface area contributed by atoms with Gasteiger partial charge in [0, 0.05) is 31.2 Å².